The van der Waals surface area contributed by atoms with Crippen LogP contribution in [0.15, 0.2) is 0 Å². The Morgan fingerprint density at radius 3 is 2.80 bits per heavy atom. The lowest BCUT2D eigenvalue weighted by atomic mass is 10.0. The molecule has 1 rings (SSSR count). The van der Waals surface area contributed by atoms with E-state index in [-0.39, 0.29) is 0 Å². The standard InChI is InChI=1S/C8H14N2/c1-7(3-5-9)10-6-4-8(10)2/h7-8H,3-4,6H2,1-2H3. The van der Waals surface area contributed by atoms with Gasteiger partial charge in [-0.3, -0.25) is 4.90 Å². The molecule has 1 saturated heterocycles. The fourth-order valence-corrected chi connectivity index (χ4v) is 1.44. The maximum atomic E-state index is 8.41. The monoisotopic (exact) mass is 138 g/mol. The fourth-order valence-electron chi connectivity index (χ4n) is 1.44. The van der Waals surface area contributed by atoms with Crippen LogP contribution in [0.5, 0.6) is 0 Å². The van der Waals surface area contributed by atoms with Crippen molar-refractivity contribution in [1.29, 1.82) is 5.26 Å². The molecular formula is C8H14N2. The van der Waals surface area contributed by atoms with Crippen molar-refractivity contribution in [2.45, 2.75) is 38.8 Å². The second-order valence-corrected chi connectivity index (χ2v) is 3.09. The molecule has 0 saturated carbocycles. The zero-order chi connectivity index (χ0) is 7.56. The Balaban J connectivity index is 2.28. The Kier molecular flexibility index (Phi) is 2.29. The Hall–Kier alpha value is -0.550. The SMILES string of the molecule is CC(CC#N)N1CCC1C. The number of hydrogen-bond acceptors (Lipinski definition) is 2. The smallest absolute Gasteiger partial charge is 0.0638 e. The first-order valence-corrected chi connectivity index (χ1v) is 3.88. The van der Waals surface area contributed by atoms with Gasteiger partial charge >= 0.3 is 0 Å². The van der Waals surface area contributed by atoms with Crippen molar-refractivity contribution >= 4 is 0 Å². The third kappa shape index (κ3) is 1.30. The average molecular weight is 138 g/mol. The molecule has 1 aliphatic rings. The first kappa shape index (κ1) is 7.56. The van der Waals surface area contributed by atoms with Crippen molar-refractivity contribution in [3.63, 3.8) is 0 Å². The van der Waals surface area contributed by atoms with Gasteiger partial charge in [0, 0.05) is 18.6 Å². The van der Waals surface area contributed by atoms with Crippen molar-refractivity contribution in [3.05, 3.63) is 0 Å². The van der Waals surface area contributed by atoms with Gasteiger partial charge in [0.05, 0.1) is 12.5 Å². The maximum Gasteiger partial charge on any atom is 0.0638 e. The lowest BCUT2D eigenvalue weighted by Crippen LogP contribution is -2.50. The molecule has 1 fully saturated rings. The molecule has 2 heteroatoms. The van der Waals surface area contributed by atoms with Crippen LogP contribution in [0.2, 0.25) is 0 Å². The van der Waals surface area contributed by atoms with Gasteiger partial charge in [-0.05, 0) is 20.3 Å². The highest BCUT2D eigenvalue weighted by atomic mass is 15.2. The van der Waals surface area contributed by atoms with E-state index >= 15 is 0 Å². The molecule has 56 valence electrons. The van der Waals surface area contributed by atoms with Crippen LogP contribution in [0, 0.1) is 11.3 Å². The second kappa shape index (κ2) is 3.03. The molecule has 1 aliphatic heterocycles. The summed E-state index contributed by atoms with van der Waals surface area (Å²) >= 11 is 0. The van der Waals surface area contributed by atoms with Crippen LogP contribution in [0.4, 0.5) is 0 Å². The molecule has 0 amide bonds. The van der Waals surface area contributed by atoms with Gasteiger partial charge in [0.15, 0.2) is 0 Å². The third-order valence-electron chi connectivity index (χ3n) is 2.32. The van der Waals surface area contributed by atoms with Crippen molar-refractivity contribution in [2.24, 2.45) is 0 Å². The zero-order valence-corrected chi connectivity index (χ0v) is 6.67. The molecule has 2 nitrogen and oxygen atoms in total. The normalized spacial score (nSPS) is 28.7. The summed E-state index contributed by atoms with van der Waals surface area (Å²) in [5.74, 6) is 0. The summed E-state index contributed by atoms with van der Waals surface area (Å²) < 4.78 is 0. The number of nitriles is 1. The molecule has 0 N–H and O–H groups in total. The minimum Gasteiger partial charge on any atom is -0.297 e. The van der Waals surface area contributed by atoms with Crippen molar-refractivity contribution in [2.75, 3.05) is 6.54 Å². The minimum atomic E-state index is 0.466. The van der Waals surface area contributed by atoms with Gasteiger partial charge in [-0.25, -0.2) is 0 Å². The Labute approximate surface area is 62.4 Å². The molecular weight excluding hydrogens is 124 g/mol. The van der Waals surface area contributed by atoms with Gasteiger partial charge < -0.3 is 0 Å². The second-order valence-electron chi connectivity index (χ2n) is 3.09. The fraction of sp³-hybridized carbons (Fsp3) is 0.875. The lowest BCUT2D eigenvalue weighted by molar-refractivity contribution is 0.0629. The summed E-state index contributed by atoms with van der Waals surface area (Å²) in [4.78, 5) is 2.38. The maximum absolute atomic E-state index is 8.41. The number of hydrogen-bond donors (Lipinski definition) is 0. The quantitative estimate of drug-likeness (QED) is 0.576. The van der Waals surface area contributed by atoms with Gasteiger partial charge in [0.25, 0.3) is 0 Å². The van der Waals surface area contributed by atoms with Crippen LogP contribution in [0.3, 0.4) is 0 Å². The topological polar surface area (TPSA) is 27.0 Å². The number of rotatable bonds is 2. The summed E-state index contributed by atoms with van der Waals surface area (Å²) in [6.45, 7) is 5.53. The Bertz CT molecular complexity index is 148. The summed E-state index contributed by atoms with van der Waals surface area (Å²) in [5.41, 5.74) is 0. The third-order valence-corrected chi connectivity index (χ3v) is 2.32. The van der Waals surface area contributed by atoms with Gasteiger partial charge in [0.2, 0.25) is 0 Å². The zero-order valence-electron chi connectivity index (χ0n) is 6.67. The first-order valence-electron chi connectivity index (χ1n) is 3.88. The van der Waals surface area contributed by atoms with Crippen LogP contribution in [0.25, 0.3) is 0 Å². The molecule has 0 spiro atoms. The van der Waals surface area contributed by atoms with E-state index in [9.17, 15) is 0 Å². The van der Waals surface area contributed by atoms with E-state index in [4.69, 9.17) is 5.26 Å². The van der Waals surface area contributed by atoms with Gasteiger partial charge in [-0.15, -0.1) is 0 Å². The van der Waals surface area contributed by atoms with Gasteiger partial charge in [-0.1, -0.05) is 0 Å². The van der Waals surface area contributed by atoms with Crippen LogP contribution >= 0.6 is 0 Å². The molecule has 10 heavy (non-hydrogen) atoms. The summed E-state index contributed by atoms with van der Waals surface area (Å²) in [6, 6.07) is 3.37. The summed E-state index contributed by atoms with van der Waals surface area (Å²) in [7, 11) is 0. The van der Waals surface area contributed by atoms with E-state index < -0.39 is 0 Å². The van der Waals surface area contributed by atoms with Crippen molar-refractivity contribution < 1.29 is 0 Å². The molecule has 1 heterocycles. The number of likely N-dealkylation sites (tertiary alicyclic amines) is 1. The van der Waals surface area contributed by atoms with Crippen LogP contribution in [-0.4, -0.2) is 23.5 Å². The van der Waals surface area contributed by atoms with E-state index in [0.29, 0.717) is 18.5 Å². The van der Waals surface area contributed by atoms with Crippen LogP contribution in [0.1, 0.15) is 26.7 Å². The van der Waals surface area contributed by atoms with Crippen LogP contribution in [-0.2, 0) is 0 Å². The molecule has 0 radical (unpaired) electrons. The average Bonchev–Trinajstić information content (AvgIpc) is 1.85. The predicted molar refractivity (Wildman–Crippen MR) is 40.5 cm³/mol. The number of nitrogens with zero attached hydrogens (tertiary/aromatic N) is 2. The molecule has 0 aromatic carbocycles. The van der Waals surface area contributed by atoms with E-state index in [2.05, 4.69) is 24.8 Å². The van der Waals surface area contributed by atoms with Gasteiger partial charge in [-0.2, -0.15) is 5.26 Å². The summed E-state index contributed by atoms with van der Waals surface area (Å²) in [6.07, 6.45) is 1.97. The lowest BCUT2D eigenvalue weighted by Gasteiger charge is -2.42. The van der Waals surface area contributed by atoms with E-state index in [1.165, 1.54) is 13.0 Å². The molecule has 2 unspecified atom stereocenters. The van der Waals surface area contributed by atoms with E-state index in [1.807, 2.05) is 0 Å². The molecule has 0 aromatic heterocycles. The Morgan fingerprint density at radius 1 is 1.80 bits per heavy atom. The highest BCUT2D eigenvalue weighted by Crippen LogP contribution is 2.20. The largest absolute Gasteiger partial charge is 0.297 e. The predicted octanol–water partition coefficient (Wildman–Crippen LogP) is 1.38. The van der Waals surface area contributed by atoms with E-state index in [0.717, 1.165) is 0 Å². The molecule has 2 atom stereocenters. The molecule has 0 aliphatic carbocycles. The van der Waals surface area contributed by atoms with Gasteiger partial charge in [0.1, 0.15) is 0 Å². The highest BCUT2D eigenvalue weighted by Gasteiger charge is 2.27. The first-order chi connectivity index (χ1) is 4.75. The highest BCUT2D eigenvalue weighted by molar-refractivity contribution is 4.87. The minimum absolute atomic E-state index is 0.466. The van der Waals surface area contributed by atoms with Crippen molar-refractivity contribution in [1.82, 2.24) is 4.90 Å². The molecule has 0 aromatic rings. The summed E-state index contributed by atoms with van der Waals surface area (Å²) in [5, 5.41) is 8.41. The van der Waals surface area contributed by atoms with E-state index in [1.54, 1.807) is 0 Å². The van der Waals surface area contributed by atoms with Crippen LogP contribution < -0.4 is 0 Å². The molecule has 0 bridgehead atoms. The Morgan fingerprint density at radius 2 is 2.50 bits per heavy atom. The van der Waals surface area contributed by atoms with Crippen molar-refractivity contribution in [3.8, 4) is 6.07 Å².